The third-order valence-corrected chi connectivity index (χ3v) is 6.17. The fourth-order valence-electron chi connectivity index (χ4n) is 3.81. The number of hydrogen-bond acceptors (Lipinski definition) is 5. The van der Waals surface area contributed by atoms with E-state index in [0.717, 1.165) is 0 Å². The summed E-state index contributed by atoms with van der Waals surface area (Å²) in [5.74, 6) is 0.0734. The van der Waals surface area contributed by atoms with Crippen molar-refractivity contribution in [2.24, 2.45) is 11.3 Å². The molecule has 2 amide bonds. The van der Waals surface area contributed by atoms with Gasteiger partial charge in [0.1, 0.15) is 18.2 Å². The molecule has 4 rings (SSSR count). The van der Waals surface area contributed by atoms with E-state index in [1.165, 1.54) is 23.5 Å². The first kappa shape index (κ1) is 18.9. The van der Waals surface area contributed by atoms with Gasteiger partial charge in [-0.05, 0) is 35.7 Å². The summed E-state index contributed by atoms with van der Waals surface area (Å²) in [6.07, 6.45) is 0. The number of amides is 2. The van der Waals surface area contributed by atoms with Gasteiger partial charge in [-0.1, -0.05) is 6.07 Å². The fourth-order valence-corrected chi connectivity index (χ4v) is 4.50. The quantitative estimate of drug-likeness (QED) is 0.750. The summed E-state index contributed by atoms with van der Waals surface area (Å²) in [6.45, 7) is 2.28. The second-order valence-electron chi connectivity index (χ2n) is 7.09. The van der Waals surface area contributed by atoms with Crippen LogP contribution in [0, 0.1) is 17.2 Å². The normalized spacial score (nSPS) is 23.5. The zero-order valence-electron chi connectivity index (χ0n) is 15.2. The highest BCUT2D eigenvalue weighted by Gasteiger charge is 2.56. The van der Waals surface area contributed by atoms with E-state index in [0.29, 0.717) is 43.5 Å². The van der Waals surface area contributed by atoms with Crippen LogP contribution in [0.15, 0.2) is 41.8 Å². The van der Waals surface area contributed by atoms with Crippen molar-refractivity contribution in [1.82, 2.24) is 10.2 Å². The second kappa shape index (κ2) is 7.89. The van der Waals surface area contributed by atoms with Gasteiger partial charge < -0.3 is 19.7 Å². The number of ether oxygens (including phenoxy) is 2. The average Bonchev–Trinajstić information content (AvgIpc) is 3.41. The van der Waals surface area contributed by atoms with Gasteiger partial charge in [-0.3, -0.25) is 9.59 Å². The predicted octanol–water partition coefficient (Wildman–Crippen LogP) is 2.17. The van der Waals surface area contributed by atoms with Crippen molar-refractivity contribution in [3.05, 3.63) is 52.5 Å². The number of likely N-dealkylation sites (tertiary alicyclic amines) is 1. The number of carbonyl (C=O) groups excluding carboxylic acids is 2. The lowest BCUT2D eigenvalue weighted by Gasteiger charge is -2.25. The number of fused-ring (bicyclic) bond motifs is 1. The predicted molar refractivity (Wildman–Crippen MR) is 102 cm³/mol. The van der Waals surface area contributed by atoms with Crippen LogP contribution >= 0.6 is 11.3 Å². The molecule has 2 aliphatic heterocycles. The minimum atomic E-state index is -0.706. The van der Waals surface area contributed by atoms with E-state index in [4.69, 9.17) is 9.47 Å². The number of nitrogens with zero attached hydrogens (tertiary/aromatic N) is 1. The Morgan fingerprint density at radius 3 is 2.89 bits per heavy atom. The maximum atomic E-state index is 12.9. The summed E-state index contributed by atoms with van der Waals surface area (Å²) >= 11 is 1.41. The van der Waals surface area contributed by atoms with Crippen molar-refractivity contribution in [1.29, 1.82) is 0 Å². The highest BCUT2D eigenvalue weighted by atomic mass is 32.1. The molecule has 0 spiro atoms. The van der Waals surface area contributed by atoms with Gasteiger partial charge in [0.15, 0.2) is 0 Å². The summed E-state index contributed by atoms with van der Waals surface area (Å²) < 4.78 is 24.0. The maximum absolute atomic E-state index is 12.9. The van der Waals surface area contributed by atoms with Gasteiger partial charge in [0.25, 0.3) is 5.91 Å². The Morgan fingerprint density at radius 2 is 2.14 bits per heavy atom. The lowest BCUT2D eigenvalue weighted by Crippen LogP contribution is -2.48. The highest BCUT2D eigenvalue weighted by molar-refractivity contribution is 7.12. The number of nitrogens with one attached hydrogen (secondary N) is 1. The van der Waals surface area contributed by atoms with E-state index in [2.05, 4.69) is 5.32 Å². The van der Waals surface area contributed by atoms with E-state index in [9.17, 15) is 14.0 Å². The lowest BCUT2D eigenvalue weighted by molar-refractivity contribution is -0.131. The number of halogens is 1. The Morgan fingerprint density at radius 1 is 1.32 bits per heavy atom. The molecule has 2 saturated heterocycles. The van der Waals surface area contributed by atoms with Crippen LogP contribution < -0.4 is 10.1 Å². The maximum Gasteiger partial charge on any atom is 0.263 e. The van der Waals surface area contributed by atoms with Crippen LogP contribution in [0.4, 0.5) is 4.39 Å². The van der Waals surface area contributed by atoms with Crippen LogP contribution in [-0.2, 0) is 9.53 Å². The second-order valence-corrected chi connectivity index (χ2v) is 8.04. The Labute approximate surface area is 166 Å². The zero-order chi connectivity index (χ0) is 19.6. The van der Waals surface area contributed by atoms with Gasteiger partial charge >= 0.3 is 0 Å². The molecule has 1 N–H and O–H groups in total. The number of hydrogen-bond donors (Lipinski definition) is 1. The molecular formula is C20H21FN2O4S. The Balaban J connectivity index is 1.33. The van der Waals surface area contributed by atoms with Gasteiger partial charge in [0, 0.05) is 19.0 Å². The zero-order valence-corrected chi connectivity index (χ0v) is 16.0. The molecule has 2 atom stereocenters. The smallest absolute Gasteiger partial charge is 0.263 e. The summed E-state index contributed by atoms with van der Waals surface area (Å²) in [5.41, 5.74) is -0.706. The topological polar surface area (TPSA) is 67.9 Å². The minimum absolute atomic E-state index is 0.00516. The SMILES string of the molecule is O=C(c1cccs1)N1C[C@@H]2COC[C@]2(C(=O)NCCOc2ccc(F)cc2)C1. The minimum Gasteiger partial charge on any atom is -0.492 e. The third-order valence-electron chi connectivity index (χ3n) is 5.32. The molecule has 148 valence electrons. The molecule has 2 aliphatic rings. The molecule has 28 heavy (non-hydrogen) atoms. The molecule has 0 aliphatic carbocycles. The summed E-state index contributed by atoms with van der Waals surface area (Å²) in [7, 11) is 0. The van der Waals surface area contributed by atoms with Gasteiger partial charge in [-0.15, -0.1) is 11.3 Å². The molecule has 2 aromatic rings. The molecule has 1 aromatic heterocycles. The van der Waals surface area contributed by atoms with Crippen molar-refractivity contribution in [2.45, 2.75) is 0 Å². The van der Waals surface area contributed by atoms with Crippen molar-refractivity contribution in [3.8, 4) is 5.75 Å². The van der Waals surface area contributed by atoms with Gasteiger partial charge in [0.2, 0.25) is 5.91 Å². The van der Waals surface area contributed by atoms with Crippen molar-refractivity contribution < 1.29 is 23.5 Å². The average molecular weight is 404 g/mol. The van der Waals surface area contributed by atoms with Crippen molar-refractivity contribution >= 4 is 23.2 Å². The van der Waals surface area contributed by atoms with Crippen molar-refractivity contribution in [2.75, 3.05) is 39.5 Å². The monoisotopic (exact) mass is 404 g/mol. The summed E-state index contributed by atoms with van der Waals surface area (Å²) in [4.78, 5) is 28.0. The van der Waals surface area contributed by atoms with Gasteiger partial charge in [0.05, 0.1) is 30.1 Å². The van der Waals surface area contributed by atoms with Crippen LogP contribution in [0.3, 0.4) is 0 Å². The lowest BCUT2D eigenvalue weighted by atomic mass is 9.80. The number of benzene rings is 1. The first-order valence-corrected chi connectivity index (χ1v) is 10.0. The molecule has 0 saturated carbocycles. The number of thiophene rings is 1. The Bertz CT molecular complexity index is 842. The Hall–Kier alpha value is -2.45. The molecule has 0 bridgehead atoms. The number of rotatable bonds is 6. The van der Waals surface area contributed by atoms with E-state index in [1.54, 1.807) is 23.1 Å². The molecule has 3 heterocycles. The van der Waals surface area contributed by atoms with E-state index in [-0.39, 0.29) is 30.2 Å². The largest absolute Gasteiger partial charge is 0.492 e. The van der Waals surface area contributed by atoms with E-state index >= 15 is 0 Å². The Kier molecular flexibility index (Phi) is 5.32. The molecule has 2 fully saturated rings. The molecule has 6 nitrogen and oxygen atoms in total. The van der Waals surface area contributed by atoms with E-state index < -0.39 is 5.41 Å². The molecule has 8 heteroatoms. The third kappa shape index (κ3) is 3.62. The van der Waals surface area contributed by atoms with Gasteiger partial charge in [-0.2, -0.15) is 0 Å². The van der Waals surface area contributed by atoms with Crippen LogP contribution in [-0.4, -0.2) is 56.2 Å². The summed E-state index contributed by atoms with van der Waals surface area (Å²) in [6, 6.07) is 9.39. The molecular weight excluding hydrogens is 383 g/mol. The van der Waals surface area contributed by atoms with Crippen LogP contribution in [0.1, 0.15) is 9.67 Å². The molecule has 0 unspecified atom stereocenters. The van der Waals surface area contributed by atoms with Crippen LogP contribution in [0.5, 0.6) is 5.75 Å². The van der Waals surface area contributed by atoms with Crippen LogP contribution in [0.2, 0.25) is 0 Å². The number of carbonyl (C=O) groups is 2. The van der Waals surface area contributed by atoms with Crippen LogP contribution in [0.25, 0.3) is 0 Å². The molecule has 0 radical (unpaired) electrons. The molecule has 1 aromatic carbocycles. The first-order valence-electron chi connectivity index (χ1n) is 9.16. The standard InChI is InChI=1S/C20H21FN2O4S/c21-15-3-5-16(6-4-15)27-8-7-22-19(25)20-12-23(10-14(20)11-26-13-20)18(24)17-2-1-9-28-17/h1-6,9,14H,7-8,10-13H2,(H,22,25)/t14-,20-/m1/s1. The van der Waals surface area contributed by atoms with E-state index in [1.807, 2.05) is 11.4 Å². The fraction of sp³-hybridized carbons (Fsp3) is 0.400. The first-order chi connectivity index (χ1) is 13.6. The van der Waals surface area contributed by atoms with Gasteiger partial charge in [-0.25, -0.2) is 4.39 Å². The summed E-state index contributed by atoms with van der Waals surface area (Å²) in [5, 5.41) is 4.78. The highest BCUT2D eigenvalue weighted by Crippen LogP contribution is 2.42. The van der Waals surface area contributed by atoms with Crippen molar-refractivity contribution in [3.63, 3.8) is 0 Å².